The van der Waals surface area contributed by atoms with Gasteiger partial charge >= 0.3 is 5.97 Å². The second-order valence-corrected chi connectivity index (χ2v) is 6.52. The molecule has 6 heteroatoms. The van der Waals surface area contributed by atoms with Gasteiger partial charge in [-0.25, -0.2) is 0 Å². The Balaban J connectivity index is 1.57. The highest BCUT2D eigenvalue weighted by atomic mass is 16.5. The summed E-state index contributed by atoms with van der Waals surface area (Å²) in [6.45, 7) is 3.65. The first-order valence-corrected chi connectivity index (χ1v) is 9.38. The van der Waals surface area contributed by atoms with Crippen molar-refractivity contribution in [3.8, 4) is 5.75 Å². The van der Waals surface area contributed by atoms with E-state index in [9.17, 15) is 9.59 Å². The van der Waals surface area contributed by atoms with Gasteiger partial charge in [0.1, 0.15) is 5.75 Å². The van der Waals surface area contributed by atoms with E-state index in [1.54, 1.807) is 0 Å². The first kappa shape index (κ1) is 19.5. The van der Waals surface area contributed by atoms with E-state index in [-0.39, 0.29) is 12.3 Å². The number of nitrogens with one attached hydrogen (secondary N) is 1. The molecule has 3 rings (SSSR count). The molecule has 6 nitrogen and oxygen atoms in total. The summed E-state index contributed by atoms with van der Waals surface area (Å²) in [7, 11) is 0. The zero-order valence-electron chi connectivity index (χ0n) is 15.9. The predicted octanol–water partition coefficient (Wildman–Crippen LogP) is 3.83. The fourth-order valence-corrected chi connectivity index (χ4v) is 3.08. The fraction of sp³-hybridized carbons (Fsp3) is 0.273. The normalized spacial score (nSPS) is 10.8. The second kappa shape index (κ2) is 9.08. The molecule has 146 valence electrons. The maximum atomic E-state index is 12.7. The van der Waals surface area contributed by atoms with E-state index in [1.165, 1.54) is 0 Å². The number of aliphatic carboxylic acids is 1. The van der Waals surface area contributed by atoms with E-state index in [2.05, 4.69) is 16.8 Å². The highest BCUT2D eigenvalue weighted by Crippen LogP contribution is 2.21. The predicted molar refractivity (Wildman–Crippen MR) is 108 cm³/mol. The van der Waals surface area contributed by atoms with Crippen molar-refractivity contribution in [1.82, 2.24) is 9.88 Å². The molecule has 0 aliphatic heterocycles. The summed E-state index contributed by atoms with van der Waals surface area (Å²) < 4.78 is 7.59. The molecule has 0 aliphatic carbocycles. The third-order valence-electron chi connectivity index (χ3n) is 4.55. The van der Waals surface area contributed by atoms with Crippen LogP contribution in [0, 0.1) is 0 Å². The van der Waals surface area contributed by atoms with Crippen LogP contribution in [-0.4, -0.2) is 28.2 Å². The molecule has 0 fully saturated rings. The first-order chi connectivity index (χ1) is 13.6. The van der Waals surface area contributed by atoms with Gasteiger partial charge in [0.05, 0.1) is 12.2 Å². The van der Waals surface area contributed by atoms with Crippen LogP contribution in [-0.2, 0) is 17.9 Å². The van der Waals surface area contributed by atoms with Gasteiger partial charge in [-0.2, -0.15) is 0 Å². The first-order valence-electron chi connectivity index (χ1n) is 9.38. The van der Waals surface area contributed by atoms with Crippen LogP contribution in [0.2, 0.25) is 0 Å². The van der Waals surface area contributed by atoms with Gasteiger partial charge in [-0.1, -0.05) is 30.3 Å². The lowest BCUT2D eigenvalue weighted by Gasteiger charge is -2.08. The standard InChI is InChI=1S/C22H24N2O4/c1-2-24-15-19(18-6-3-4-7-20(18)24)22(27)23-14-16-9-11-17(12-10-16)28-13-5-8-21(25)26/h3-4,6-7,9-12,15H,2,5,8,13-14H2,1H3,(H,23,27)(H,25,26). The molecule has 1 aromatic heterocycles. The summed E-state index contributed by atoms with van der Waals surface area (Å²) >= 11 is 0. The number of rotatable bonds is 9. The number of carbonyl (C=O) groups excluding carboxylic acids is 1. The summed E-state index contributed by atoms with van der Waals surface area (Å²) in [5, 5.41) is 12.5. The number of nitrogens with zero attached hydrogens (tertiary/aromatic N) is 1. The summed E-state index contributed by atoms with van der Waals surface area (Å²) in [5.41, 5.74) is 2.70. The Morgan fingerprint density at radius 3 is 2.57 bits per heavy atom. The number of hydrogen-bond donors (Lipinski definition) is 2. The van der Waals surface area contributed by atoms with Crippen molar-refractivity contribution in [3.63, 3.8) is 0 Å². The number of hydrogen-bond acceptors (Lipinski definition) is 3. The lowest BCUT2D eigenvalue weighted by atomic mass is 10.1. The molecule has 0 atom stereocenters. The largest absolute Gasteiger partial charge is 0.494 e. The zero-order valence-corrected chi connectivity index (χ0v) is 15.9. The highest BCUT2D eigenvalue weighted by molar-refractivity contribution is 6.06. The van der Waals surface area contributed by atoms with Crippen LogP contribution in [0.1, 0.15) is 35.7 Å². The zero-order chi connectivity index (χ0) is 19.9. The Labute approximate surface area is 163 Å². The summed E-state index contributed by atoms with van der Waals surface area (Å²) in [6, 6.07) is 15.3. The van der Waals surface area contributed by atoms with Gasteiger partial charge in [0, 0.05) is 36.6 Å². The second-order valence-electron chi connectivity index (χ2n) is 6.52. The molecule has 0 unspecified atom stereocenters. The van der Waals surface area contributed by atoms with Crippen molar-refractivity contribution in [1.29, 1.82) is 0 Å². The molecule has 2 N–H and O–H groups in total. The molecule has 0 spiro atoms. The number of carboxylic acid groups (broad SMARTS) is 1. The summed E-state index contributed by atoms with van der Waals surface area (Å²) in [4.78, 5) is 23.1. The van der Waals surface area contributed by atoms with E-state index in [0.717, 1.165) is 23.0 Å². The summed E-state index contributed by atoms with van der Waals surface area (Å²) in [6.07, 6.45) is 2.46. The molecule has 1 amide bonds. The van der Waals surface area contributed by atoms with Crippen molar-refractivity contribution < 1.29 is 19.4 Å². The minimum absolute atomic E-state index is 0.0958. The number of ether oxygens (including phenoxy) is 1. The molecule has 0 radical (unpaired) electrons. The van der Waals surface area contributed by atoms with Gasteiger partial charge in [0.2, 0.25) is 0 Å². The molecule has 3 aromatic rings. The number of benzene rings is 2. The number of para-hydroxylation sites is 1. The van der Waals surface area contributed by atoms with Gasteiger partial charge in [0.15, 0.2) is 0 Å². The van der Waals surface area contributed by atoms with Gasteiger partial charge in [-0.15, -0.1) is 0 Å². The molecule has 2 aromatic carbocycles. The van der Waals surface area contributed by atoms with Crippen molar-refractivity contribution in [2.75, 3.05) is 6.61 Å². The average Bonchev–Trinajstić information content (AvgIpc) is 3.09. The minimum atomic E-state index is -0.822. The van der Waals surface area contributed by atoms with Crippen LogP contribution >= 0.6 is 0 Å². The van der Waals surface area contributed by atoms with E-state index in [0.29, 0.717) is 30.9 Å². The molecule has 0 saturated carbocycles. The van der Waals surface area contributed by atoms with Gasteiger partial charge < -0.3 is 19.7 Å². The fourth-order valence-electron chi connectivity index (χ4n) is 3.08. The van der Waals surface area contributed by atoms with Gasteiger partial charge in [-0.05, 0) is 37.1 Å². The molecule has 0 bridgehead atoms. The van der Waals surface area contributed by atoms with Crippen molar-refractivity contribution in [3.05, 3.63) is 65.9 Å². The highest BCUT2D eigenvalue weighted by Gasteiger charge is 2.14. The monoisotopic (exact) mass is 380 g/mol. The number of aromatic nitrogens is 1. The van der Waals surface area contributed by atoms with E-state index in [1.807, 2.05) is 54.7 Å². The Morgan fingerprint density at radius 2 is 1.86 bits per heavy atom. The van der Waals surface area contributed by atoms with E-state index in [4.69, 9.17) is 9.84 Å². The lowest BCUT2D eigenvalue weighted by molar-refractivity contribution is -0.137. The Kier molecular flexibility index (Phi) is 6.32. The maximum absolute atomic E-state index is 12.7. The average molecular weight is 380 g/mol. The van der Waals surface area contributed by atoms with Crippen LogP contribution in [0.15, 0.2) is 54.7 Å². The molecular formula is C22H24N2O4. The van der Waals surface area contributed by atoms with E-state index >= 15 is 0 Å². The minimum Gasteiger partial charge on any atom is -0.494 e. The molecule has 28 heavy (non-hydrogen) atoms. The van der Waals surface area contributed by atoms with Crippen LogP contribution < -0.4 is 10.1 Å². The van der Waals surface area contributed by atoms with Crippen LogP contribution in [0.3, 0.4) is 0 Å². The summed E-state index contributed by atoms with van der Waals surface area (Å²) in [5.74, 6) is -0.236. The number of carboxylic acids is 1. The quantitative estimate of drug-likeness (QED) is 0.553. The Hall–Kier alpha value is -3.28. The molecule has 0 aliphatic rings. The topological polar surface area (TPSA) is 80.6 Å². The Morgan fingerprint density at radius 1 is 1.11 bits per heavy atom. The Bertz CT molecular complexity index is 960. The van der Waals surface area contributed by atoms with Crippen LogP contribution in [0.25, 0.3) is 10.9 Å². The number of fused-ring (bicyclic) bond motifs is 1. The molecular weight excluding hydrogens is 356 g/mol. The lowest BCUT2D eigenvalue weighted by Crippen LogP contribution is -2.22. The van der Waals surface area contributed by atoms with Crippen LogP contribution in [0.5, 0.6) is 5.75 Å². The van der Waals surface area contributed by atoms with Crippen molar-refractivity contribution in [2.45, 2.75) is 32.9 Å². The molecule has 1 heterocycles. The smallest absolute Gasteiger partial charge is 0.303 e. The van der Waals surface area contributed by atoms with Crippen LogP contribution in [0.4, 0.5) is 0 Å². The van der Waals surface area contributed by atoms with Gasteiger partial charge in [-0.3, -0.25) is 9.59 Å². The third-order valence-corrected chi connectivity index (χ3v) is 4.55. The maximum Gasteiger partial charge on any atom is 0.303 e. The third kappa shape index (κ3) is 4.71. The van der Waals surface area contributed by atoms with Crippen molar-refractivity contribution in [2.24, 2.45) is 0 Å². The molecule has 0 saturated heterocycles. The van der Waals surface area contributed by atoms with Crippen molar-refractivity contribution >= 4 is 22.8 Å². The number of aryl methyl sites for hydroxylation is 1. The number of carbonyl (C=O) groups is 2. The van der Waals surface area contributed by atoms with Gasteiger partial charge in [0.25, 0.3) is 5.91 Å². The van der Waals surface area contributed by atoms with E-state index < -0.39 is 5.97 Å². The SMILES string of the molecule is CCn1cc(C(=O)NCc2ccc(OCCCC(=O)O)cc2)c2ccccc21. The number of amides is 1.